The van der Waals surface area contributed by atoms with Crippen LogP contribution >= 0.6 is 0 Å². The molecule has 0 radical (unpaired) electrons. The van der Waals surface area contributed by atoms with Crippen LogP contribution in [0.15, 0.2) is 24.3 Å². The van der Waals surface area contributed by atoms with E-state index in [-0.39, 0.29) is 17.9 Å². The number of nitrogens with one attached hydrogen (secondary N) is 1. The van der Waals surface area contributed by atoms with Gasteiger partial charge in [0.1, 0.15) is 5.75 Å². The van der Waals surface area contributed by atoms with Gasteiger partial charge < -0.3 is 4.74 Å². The van der Waals surface area contributed by atoms with Gasteiger partial charge in [0.2, 0.25) is 0 Å². The van der Waals surface area contributed by atoms with Gasteiger partial charge >= 0.3 is 6.61 Å². The average molecular weight is 271 g/mol. The van der Waals surface area contributed by atoms with E-state index in [2.05, 4.69) is 10.2 Å². The zero-order valence-electron chi connectivity index (χ0n) is 10.9. The highest BCUT2D eigenvalue weighted by Gasteiger charge is 2.17. The predicted octanol–water partition coefficient (Wildman–Crippen LogP) is 3.81. The molecule has 0 spiro atoms. The largest absolute Gasteiger partial charge is 0.435 e. The highest BCUT2D eigenvalue weighted by Crippen LogP contribution is 2.23. The molecule has 1 unspecified atom stereocenters. The van der Waals surface area contributed by atoms with Crippen molar-refractivity contribution in [2.24, 2.45) is 0 Å². The first-order valence-corrected chi connectivity index (χ1v) is 6.61. The minimum absolute atomic E-state index is 0.0678. The molecule has 106 valence electrons. The Balaban J connectivity index is 1.88. The lowest BCUT2D eigenvalue weighted by atomic mass is 10.1. The van der Waals surface area contributed by atoms with Crippen molar-refractivity contribution in [2.75, 3.05) is 0 Å². The number of benzene rings is 1. The van der Waals surface area contributed by atoms with Crippen LogP contribution in [-0.2, 0) is 4.84 Å². The van der Waals surface area contributed by atoms with Crippen molar-refractivity contribution >= 4 is 0 Å². The number of rotatable bonds is 6. The Labute approximate surface area is 111 Å². The number of alkyl halides is 2. The molecule has 0 aromatic heterocycles. The van der Waals surface area contributed by atoms with Crippen molar-refractivity contribution in [3.05, 3.63) is 29.8 Å². The van der Waals surface area contributed by atoms with E-state index in [0.29, 0.717) is 0 Å². The minimum Gasteiger partial charge on any atom is -0.435 e. The van der Waals surface area contributed by atoms with E-state index < -0.39 is 6.61 Å². The van der Waals surface area contributed by atoms with E-state index in [1.165, 1.54) is 18.9 Å². The third-order valence-electron chi connectivity index (χ3n) is 3.30. The lowest BCUT2D eigenvalue weighted by Crippen LogP contribution is -2.24. The summed E-state index contributed by atoms with van der Waals surface area (Å²) in [7, 11) is 0. The highest BCUT2D eigenvalue weighted by molar-refractivity contribution is 5.30. The first-order valence-electron chi connectivity index (χ1n) is 6.61. The highest BCUT2D eigenvalue weighted by atomic mass is 19.3. The molecular weight excluding hydrogens is 252 g/mol. The van der Waals surface area contributed by atoms with Crippen LogP contribution in [0.3, 0.4) is 0 Å². The number of hydrogen-bond donors (Lipinski definition) is 1. The zero-order chi connectivity index (χ0) is 13.7. The number of hydrogen-bond acceptors (Lipinski definition) is 3. The number of halogens is 2. The molecule has 1 aliphatic carbocycles. The summed E-state index contributed by atoms with van der Waals surface area (Å²) in [5.41, 5.74) is 3.84. The monoisotopic (exact) mass is 271 g/mol. The molecule has 1 aromatic rings. The minimum atomic E-state index is -2.80. The van der Waals surface area contributed by atoms with Gasteiger partial charge in [-0.3, -0.25) is 4.84 Å². The summed E-state index contributed by atoms with van der Waals surface area (Å²) in [6.07, 6.45) is 4.84. The van der Waals surface area contributed by atoms with Crippen molar-refractivity contribution in [1.82, 2.24) is 5.48 Å². The third kappa shape index (κ3) is 4.44. The maximum absolute atomic E-state index is 12.1. The summed E-state index contributed by atoms with van der Waals surface area (Å²) >= 11 is 0. The Kier molecular flexibility index (Phi) is 5.10. The molecule has 0 saturated heterocycles. The summed E-state index contributed by atoms with van der Waals surface area (Å²) in [6, 6.07) is 6.60. The quantitative estimate of drug-likeness (QED) is 0.798. The number of hydroxylamine groups is 1. The average Bonchev–Trinajstić information content (AvgIpc) is 2.88. The van der Waals surface area contributed by atoms with E-state index in [4.69, 9.17) is 4.84 Å². The van der Waals surface area contributed by atoms with E-state index in [1.54, 1.807) is 12.1 Å². The Bertz CT molecular complexity index is 395. The van der Waals surface area contributed by atoms with Gasteiger partial charge in [0.05, 0.1) is 12.1 Å². The van der Waals surface area contributed by atoms with Crippen LogP contribution in [0.2, 0.25) is 0 Å². The Hall–Kier alpha value is -1.20. The molecule has 2 rings (SSSR count). The van der Waals surface area contributed by atoms with Crippen LogP contribution in [0, 0.1) is 0 Å². The fourth-order valence-corrected chi connectivity index (χ4v) is 2.23. The number of ether oxygens (including phenoxy) is 1. The smallest absolute Gasteiger partial charge is 0.387 e. The van der Waals surface area contributed by atoms with Crippen molar-refractivity contribution in [3.8, 4) is 5.75 Å². The second-order valence-corrected chi connectivity index (χ2v) is 4.81. The molecular formula is C14H19F2NO2. The van der Waals surface area contributed by atoms with Gasteiger partial charge in [-0.2, -0.15) is 14.3 Å². The van der Waals surface area contributed by atoms with Gasteiger partial charge in [0.25, 0.3) is 0 Å². The standard InChI is InChI=1S/C14H19F2NO2/c1-10(17-19-12-6-2-3-7-12)11-5-4-8-13(9-11)18-14(15)16/h4-5,8-10,12,14,17H,2-3,6-7H2,1H3. The van der Waals surface area contributed by atoms with E-state index in [9.17, 15) is 8.78 Å². The van der Waals surface area contributed by atoms with E-state index >= 15 is 0 Å². The molecule has 1 aromatic carbocycles. The normalized spacial score (nSPS) is 17.9. The summed E-state index contributed by atoms with van der Waals surface area (Å²) < 4.78 is 28.7. The van der Waals surface area contributed by atoms with Crippen LogP contribution in [0.5, 0.6) is 5.75 Å². The SMILES string of the molecule is CC(NOC1CCCC1)c1cccc(OC(F)F)c1. The molecule has 3 nitrogen and oxygen atoms in total. The fourth-order valence-electron chi connectivity index (χ4n) is 2.23. The molecule has 1 N–H and O–H groups in total. The van der Waals surface area contributed by atoms with Crippen molar-refractivity contribution in [3.63, 3.8) is 0 Å². The molecule has 1 atom stereocenters. The molecule has 0 aliphatic heterocycles. The molecule has 19 heavy (non-hydrogen) atoms. The second-order valence-electron chi connectivity index (χ2n) is 4.81. The Morgan fingerprint density at radius 1 is 1.26 bits per heavy atom. The Morgan fingerprint density at radius 2 is 2.00 bits per heavy atom. The molecule has 1 fully saturated rings. The second kappa shape index (κ2) is 6.82. The molecule has 0 bridgehead atoms. The van der Waals surface area contributed by atoms with Gasteiger partial charge in [-0.1, -0.05) is 25.0 Å². The lowest BCUT2D eigenvalue weighted by Gasteiger charge is -2.18. The Morgan fingerprint density at radius 3 is 2.68 bits per heavy atom. The van der Waals surface area contributed by atoms with Crippen molar-refractivity contribution < 1.29 is 18.4 Å². The maximum Gasteiger partial charge on any atom is 0.387 e. The van der Waals surface area contributed by atoms with Gasteiger partial charge in [0, 0.05) is 0 Å². The topological polar surface area (TPSA) is 30.5 Å². The van der Waals surface area contributed by atoms with Gasteiger partial charge in [-0.25, -0.2) is 0 Å². The predicted molar refractivity (Wildman–Crippen MR) is 68.0 cm³/mol. The van der Waals surface area contributed by atoms with Crippen LogP contribution in [-0.4, -0.2) is 12.7 Å². The van der Waals surface area contributed by atoms with E-state index in [1.807, 2.05) is 13.0 Å². The first kappa shape index (κ1) is 14.2. The molecule has 0 heterocycles. The third-order valence-corrected chi connectivity index (χ3v) is 3.30. The molecule has 1 aliphatic rings. The lowest BCUT2D eigenvalue weighted by molar-refractivity contribution is -0.0502. The van der Waals surface area contributed by atoms with Crippen LogP contribution in [0.25, 0.3) is 0 Å². The summed E-state index contributed by atoms with van der Waals surface area (Å²) in [5, 5.41) is 0. The van der Waals surface area contributed by atoms with E-state index in [0.717, 1.165) is 18.4 Å². The molecule has 5 heteroatoms. The van der Waals surface area contributed by atoms with Gasteiger partial charge in [-0.15, -0.1) is 0 Å². The summed E-state index contributed by atoms with van der Waals surface area (Å²) in [5.74, 6) is 0.169. The van der Waals surface area contributed by atoms with Gasteiger partial charge in [-0.05, 0) is 37.5 Å². The first-order chi connectivity index (χ1) is 9.15. The van der Waals surface area contributed by atoms with Crippen LogP contribution < -0.4 is 10.2 Å². The zero-order valence-corrected chi connectivity index (χ0v) is 10.9. The summed E-state index contributed by atoms with van der Waals surface area (Å²) in [4.78, 5) is 5.60. The molecule has 0 amide bonds. The van der Waals surface area contributed by atoms with Crippen molar-refractivity contribution in [1.29, 1.82) is 0 Å². The summed E-state index contributed by atoms with van der Waals surface area (Å²) in [6.45, 7) is -0.871. The van der Waals surface area contributed by atoms with Gasteiger partial charge in [0.15, 0.2) is 0 Å². The van der Waals surface area contributed by atoms with Crippen molar-refractivity contribution in [2.45, 2.75) is 51.4 Å². The maximum atomic E-state index is 12.1. The molecule has 1 saturated carbocycles. The van der Waals surface area contributed by atoms with Crippen LogP contribution in [0.4, 0.5) is 8.78 Å². The van der Waals surface area contributed by atoms with Crippen LogP contribution in [0.1, 0.15) is 44.2 Å². The fraction of sp³-hybridized carbons (Fsp3) is 0.571.